The molecule has 1 aromatic heterocycles. The highest BCUT2D eigenvalue weighted by Crippen LogP contribution is 2.41. The number of hydrogen-bond donors (Lipinski definition) is 2. The van der Waals surface area contributed by atoms with Gasteiger partial charge < -0.3 is 10.3 Å². The van der Waals surface area contributed by atoms with Crippen LogP contribution >= 0.6 is 11.6 Å². The van der Waals surface area contributed by atoms with E-state index in [0.717, 1.165) is 22.5 Å². The molecule has 3 aromatic rings. The van der Waals surface area contributed by atoms with Gasteiger partial charge in [0.2, 0.25) is 10.0 Å². The Morgan fingerprint density at radius 3 is 2.41 bits per heavy atom. The van der Waals surface area contributed by atoms with Gasteiger partial charge in [-0.05, 0) is 50.9 Å². The number of nitrogens with two attached hydrogens (primary N) is 2. The predicted molar refractivity (Wildman–Crippen MR) is 119 cm³/mol. The van der Waals surface area contributed by atoms with Gasteiger partial charge in [-0.25, -0.2) is 18.5 Å². The maximum atomic E-state index is 12.6. The molecule has 0 radical (unpaired) electrons. The molecule has 0 saturated heterocycles. The number of primary sulfonamides is 1. The lowest BCUT2D eigenvalue weighted by atomic mass is 9.96. The summed E-state index contributed by atoms with van der Waals surface area (Å²) in [5, 5.41) is 5.69. The number of benzene rings is 2. The molecule has 0 aliphatic carbocycles. The Hall–Kier alpha value is -1.93. The van der Waals surface area contributed by atoms with Crippen molar-refractivity contribution < 1.29 is 8.42 Å². The molecule has 0 spiro atoms. The van der Waals surface area contributed by atoms with Crippen LogP contribution in [0.15, 0.2) is 35.2 Å². The quantitative estimate of drug-likeness (QED) is 0.636. The van der Waals surface area contributed by atoms with Crippen molar-refractivity contribution in [3.63, 3.8) is 0 Å². The van der Waals surface area contributed by atoms with E-state index in [1.807, 2.05) is 31.2 Å². The molecule has 4 N–H and O–H groups in total. The summed E-state index contributed by atoms with van der Waals surface area (Å²) in [7, 11) is -4.09. The van der Waals surface area contributed by atoms with Crippen LogP contribution in [-0.4, -0.2) is 24.5 Å². The summed E-state index contributed by atoms with van der Waals surface area (Å²) in [6, 6.07) is 9.22. The zero-order valence-corrected chi connectivity index (χ0v) is 18.7. The number of sulfonamides is 1. The van der Waals surface area contributed by atoms with Gasteiger partial charge in [0, 0.05) is 17.5 Å². The van der Waals surface area contributed by atoms with Gasteiger partial charge in [0.1, 0.15) is 10.7 Å². The summed E-state index contributed by atoms with van der Waals surface area (Å²) >= 11 is 6.52. The van der Waals surface area contributed by atoms with Crippen molar-refractivity contribution in [1.82, 2.24) is 9.55 Å². The van der Waals surface area contributed by atoms with Crippen LogP contribution in [0.25, 0.3) is 22.2 Å². The molecule has 1 heterocycles. The molecule has 0 fully saturated rings. The molecule has 0 aliphatic rings. The highest BCUT2D eigenvalue weighted by Gasteiger charge is 2.29. The van der Waals surface area contributed by atoms with E-state index in [1.54, 1.807) is 6.07 Å². The minimum atomic E-state index is -4.09. The third kappa shape index (κ3) is 3.92. The number of aromatic nitrogens is 2. The van der Waals surface area contributed by atoms with Gasteiger partial charge in [0.15, 0.2) is 0 Å². The molecule has 156 valence electrons. The van der Waals surface area contributed by atoms with E-state index in [2.05, 4.69) is 25.3 Å². The van der Waals surface area contributed by atoms with E-state index in [0.29, 0.717) is 30.5 Å². The number of aryl methyl sites for hydroxylation is 1. The van der Waals surface area contributed by atoms with E-state index >= 15 is 0 Å². The Morgan fingerprint density at radius 2 is 1.86 bits per heavy atom. The van der Waals surface area contributed by atoms with Crippen molar-refractivity contribution >= 4 is 32.7 Å². The van der Waals surface area contributed by atoms with Gasteiger partial charge in [-0.15, -0.1) is 0 Å². The zero-order chi connectivity index (χ0) is 21.6. The second-order valence-electron chi connectivity index (χ2n) is 8.06. The largest absolute Gasteiger partial charge is 0.330 e. The lowest BCUT2D eigenvalue weighted by Crippen LogP contribution is -2.24. The number of rotatable bonds is 5. The number of halogens is 1. The van der Waals surface area contributed by atoms with Crippen LogP contribution in [0.1, 0.15) is 39.1 Å². The average Bonchev–Trinajstić information content (AvgIpc) is 2.99. The fourth-order valence-electron chi connectivity index (χ4n) is 3.86. The van der Waals surface area contributed by atoms with E-state index in [-0.39, 0.29) is 15.5 Å². The minimum absolute atomic E-state index is 0.0885. The highest BCUT2D eigenvalue weighted by atomic mass is 35.5. The van der Waals surface area contributed by atoms with Crippen LogP contribution in [0.4, 0.5) is 0 Å². The zero-order valence-electron chi connectivity index (χ0n) is 17.2. The molecular weight excluding hydrogens is 408 g/mol. The number of hydrogen-bond acceptors (Lipinski definition) is 4. The predicted octanol–water partition coefficient (Wildman–Crippen LogP) is 3.82. The summed E-state index contributed by atoms with van der Waals surface area (Å²) < 4.78 is 27.2. The van der Waals surface area contributed by atoms with Crippen LogP contribution in [0.5, 0.6) is 0 Å². The molecule has 0 amide bonds. The van der Waals surface area contributed by atoms with Gasteiger partial charge in [0.05, 0.1) is 16.1 Å². The van der Waals surface area contributed by atoms with Gasteiger partial charge in [0.25, 0.3) is 0 Å². The number of fused-ring (bicyclic) bond motifs is 1. The summed E-state index contributed by atoms with van der Waals surface area (Å²) in [6.45, 7) is 8.69. The van der Waals surface area contributed by atoms with Crippen molar-refractivity contribution in [1.29, 1.82) is 0 Å². The van der Waals surface area contributed by atoms with Crippen molar-refractivity contribution in [3.05, 3.63) is 46.7 Å². The minimum Gasteiger partial charge on any atom is -0.330 e. The van der Waals surface area contributed by atoms with Crippen molar-refractivity contribution in [2.24, 2.45) is 10.9 Å². The summed E-state index contributed by atoms with van der Waals surface area (Å²) in [6.07, 6.45) is 1.28. The Morgan fingerprint density at radius 1 is 1.21 bits per heavy atom. The monoisotopic (exact) mass is 434 g/mol. The van der Waals surface area contributed by atoms with Crippen LogP contribution in [0, 0.1) is 0 Å². The Bertz CT molecular complexity index is 1180. The highest BCUT2D eigenvalue weighted by molar-refractivity contribution is 7.89. The van der Waals surface area contributed by atoms with Gasteiger partial charge in [-0.3, -0.25) is 0 Å². The van der Waals surface area contributed by atoms with Gasteiger partial charge >= 0.3 is 0 Å². The molecule has 29 heavy (non-hydrogen) atoms. The molecule has 0 atom stereocenters. The molecule has 0 bridgehead atoms. The standard InChI is InChI=1S/C21H27ClN4O2S/c1-5-17-25-19-16(26(17)21(2,3)4)12-15(22)20(29(24,27)28)18(19)14-9-7-6-8-13(14)10-11-23/h6-9,12H,5,10-11,23H2,1-4H3,(H2,24,27,28). The smallest absolute Gasteiger partial charge is 0.240 e. The van der Waals surface area contributed by atoms with E-state index in [4.69, 9.17) is 27.5 Å². The Balaban J connectivity index is 2.58. The lowest BCUT2D eigenvalue weighted by Gasteiger charge is -2.25. The maximum Gasteiger partial charge on any atom is 0.240 e. The second kappa shape index (κ2) is 7.72. The first-order valence-corrected chi connectivity index (χ1v) is 11.5. The molecule has 8 heteroatoms. The first kappa shape index (κ1) is 21.8. The summed E-state index contributed by atoms with van der Waals surface area (Å²) in [5.74, 6) is 0.854. The topological polar surface area (TPSA) is 104 Å². The molecular formula is C21H27ClN4O2S. The Kier molecular flexibility index (Phi) is 5.80. The third-order valence-electron chi connectivity index (χ3n) is 4.90. The Labute approximate surface area is 176 Å². The SMILES string of the molecule is CCc1nc2c(-c3ccccc3CCN)c(S(N)(=O)=O)c(Cl)cc2n1C(C)(C)C. The van der Waals surface area contributed by atoms with Crippen molar-refractivity contribution in [2.75, 3.05) is 6.54 Å². The fourth-order valence-corrected chi connectivity index (χ4v) is 5.20. The van der Waals surface area contributed by atoms with E-state index in [9.17, 15) is 8.42 Å². The van der Waals surface area contributed by atoms with E-state index < -0.39 is 10.0 Å². The number of imidazole rings is 1. The van der Waals surface area contributed by atoms with Crippen LogP contribution in [-0.2, 0) is 28.4 Å². The molecule has 3 rings (SSSR count). The molecule has 0 unspecified atom stereocenters. The first-order valence-electron chi connectivity index (χ1n) is 9.56. The van der Waals surface area contributed by atoms with Gasteiger partial charge in [-0.2, -0.15) is 0 Å². The van der Waals surface area contributed by atoms with E-state index in [1.165, 1.54) is 0 Å². The maximum absolute atomic E-state index is 12.6. The first-order chi connectivity index (χ1) is 13.5. The average molecular weight is 435 g/mol. The molecule has 2 aromatic carbocycles. The summed E-state index contributed by atoms with van der Waals surface area (Å²) in [5.41, 5.74) is 8.99. The summed E-state index contributed by atoms with van der Waals surface area (Å²) in [4.78, 5) is 4.74. The number of nitrogens with zero attached hydrogens (tertiary/aromatic N) is 2. The van der Waals surface area contributed by atoms with Gasteiger partial charge in [-0.1, -0.05) is 42.8 Å². The van der Waals surface area contributed by atoms with Crippen LogP contribution in [0.2, 0.25) is 5.02 Å². The normalized spacial score (nSPS) is 12.7. The third-order valence-corrected chi connectivity index (χ3v) is 6.30. The fraction of sp³-hybridized carbons (Fsp3) is 0.381. The van der Waals surface area contributed by atoms with Crippen molar-refractivity contribution in [2.45, 2.75) is 51.0 Å². The molecule has 6 nitrogen and oxygen atoms in total. The van der Waals surface area contributed by atoms with Crippen LogP contribution < -0.4 is 10.9 Å². The lowest BCUT2D eigenvalue weighted by molar-refractivity contribution is 0.395. The second-order valence-corrected chi connectivity index (χ2v) is 9.96. The van der Waals surface area contributed by atoms with Crippen LogP contribution in [0.3, 0.4) is 0 Å². The molecule has 0 saturated carbocycles. The van der Waals surface area contributed by atoms with Crippen molar-refractivity contribution in [3.8, 4) is 11.1 Å². The molecule has 0 aliphatic heterocycles.